The zero-order valence-electron chi connectivity index (χ0n) is 9.27. The number of benzene rings is 1. The van der Waals surface area contributed by atoms with Gasteiger partial charge in [-0.3, -0.25) is 4.31 Å². The van der Waals surface area contributed by atoms with E-state index in [-0.39, 0.29) is 6.04 Å². The van der Waals surface area contributed by atoms with Crippen molar-refractivity contribution in [3.8, 4) is 0 Å². The van der Waals surface area contributed by atoms with Crippen LogP contribution in [0.4, 0.5) is 5.69 Å². The molecule has 0 spiro atoms. The second kappa shape index (κ2) is 3.56. The van der Waals surface area contributed by atoms with E-state index >= 15 is 0 Å². The Labute approximate surface area is 92.1 Å². The van der Waals surface area contributed by atoms with Gasteiger partial charge in [-0.15, -0.1) is 0 Å². The van der Waals surface area contributed by atoms with Gasteiger partial charge in [0.1, 0.15) is 0 Å². The van der Waals surface area contributed by atoms with E-state index in [0.29, 0.717) is 5.75 Å². The maximum atomic E-state index is 12.4. The van der Waals surface area contributed by atoms with Crippen LogP contribution in [0.25, 0.3) is 0 Å². The van der Waals surface area contributed by atoms with Gasteiger partial charge in [0, 0.05) is 21.5 Å². The van der Waals surface area contributed by atoms with Crippen molar-refractivity contribution in [3.05, 3.63) is 29.8 Å². The summed E-state index contributed by atoms with van der Waals surface area (Å²) in [4.78, 5) is 0. The molecule has 1 aromatic rings. The molecular formula is C12H17NOS. The Kier molecular flexibility index (Phi) is 2.51. The van der Waals surface area contributed by atoms with Gasteiger partial charge in [0.05, 0.1) is 5.69 Å². The van der Waals surface area contributed by atoms with Crippen molar-refractivity contribution >= 4 is 21.3 Å². The maximum Gasteiger partial charge on any atom is 0.0522 e. The Morgan fingerprint density at radius 2 is 2.07 bits per heavy atom. The molecule has 0 radical (unpaired) electrons. The van der Waals surface area contributed by atoms with E-state index in [1.165, 1.54) is 5.56 Å². The summed E-state index contributed by atoms with van der Waals surface area (Å²) >= 11 is 0. The lowest BCUT2D eigenvalue weighted by Crippen LogP contribution is -2.42. The Balaban J connectivity index is 2.58. The molecule has 3 heteroatoms. The number of hydrogen-bond donors (Lipinski definition) is 0. The van der Waals surface area contributed by atoms with Crippen molar-refractivity contribution < 1.29 is 4.21 Å². The van der Waals surface area contributed by atoms with E-state index < -0.39 is 9.71 Å². The van der Waals surface area contributed by atoms with E-state index in [9.17, 15) is 4.21 Å². The summed E-state index contributed by atoms with van der Waals surface area (Å²) in [5, 5.41) is 0. The number of fused-ring (bicyclic) bond motifs is 1. The number of para-hydroxylation sites is 1. The molecule has 1 unspecified atom stereocenters. The molecular weight excluding hydrogens is 206 g/mol. The highest BCUT2D eigenvalue weighted by atomic mass is 32.2. The molecule has 0 aliphatic carbocycles. The zero-order chi connectivity index (χ0) is 11.1. The minimum atomic E-state index is -2.10. The van der Waals surface area contributed by atoms with Gasteiger partial charge >= 0.3 is 0 Å². The number of hydrogen-bond acceptors (Lipinski definition) is 1. The number of rotatable bonds is 1. The van der Waals surface area contributed by atoms with Crippen LogP contribution in [0.15, 0.2) is 24.3 Å². The Hall–Kier alpha value is -0.960. The molecule has 2 nitrogen and oxygen atoms in total. The van der Waals surface area contributed by atoms with Gasteiger partial charge in [0.2, 0.25) is 0 Å². The van der Waals surface area contributed by atoms with Crippen LogP contribution in [0.5, 0.6) is 0 Å². The highest BCUT2D eigenvalue weighted by molar-refractivity contribution is 8.01. The molecule has 0 saturated heterocycles. The van der Waals surface area contributed by atoms with Crippen molar-refractivity contribution in [2.45, 2.75) is 26.3 Å². The molecule has 0 N–H and O–H groups in total. The minimum absolute atomic E-state index is 0.233. The summed E-state index contributed by atoms with van der Waals surface area (Å²) < 4.78 is 14.3. The lowest BCUT2D eigenvalue weighted by molar-refractivity contribution is 0.665. The van der Waals surface area contributed by atoms with E-state index in [2.05, 4.69) is 25.8 Å². The third-order valence-corrected chi connectivity index (χ3v) is 4.92. The summed E-state index contributed by atoms with van der Waals surface area (Å²) in [5.74, 6) is 4.55. The summed E-state index contributed by atoms with van der Waals surface area (Å²) in [7, 11) is -2.10. The fourth-order valence-corrected chi connectivity index (χ4v) is 4.19. The van der Waals surface area contributed by atoms with Crippen LogP contribution < -0.4 is 4.31 Å². The topological polar surface area (TPSA) is 20.3 Å². The van der Waals surface area contributed by atoms with Gasteiger partial charge in [-0.1, -0.05) is 18.2 Å². The number of anilines is 1. The summed E-state index contributed by atoms with van der Waals surface area (Å²) in [6.07, 6.45) is 0.877. The second-order valence-corrected chi connectivity index (χ2v) is 6.62. The predicted octanol–water partition coefficient (Wildman–Crippen LogP) is 2.09. The first-order valence-corrected chi connectivity index (χ1v) is 7.10. The molecule has 1 atom stereocenters. The van der Waals surface area contributed by atoms with Crippen molar-refractivity contribution in [3.63, 3.8) is 0 Å². The van der Waals surface area contributed by atoms with Crippen LogP contribution in [0, 0.1) is 0 Å². The molecule has 1 aliphatic rings. The quantitative estimate of drug-likeness (QED) is 0.668. The molecule has 1 aromatic carbocycles. The number of nitrogens with zero attached hydrogens (tertiary/aromatic N) is 1. The summed E-state index contributed by atoms with van der Waals surface area (Å²) in [5.41, 5.74) is 2.38. The lowest BCUT2D eigenvalue weighted by atomic mass is 10.1. The first-order valence-electron chi connectivity index (χ1n) is 5.24. The van der Waals surface area contributed by atoms with Crippen molar-refractivity contribution in [2.24, 2.45) is 0 Å². The molecule has 0 fully saturated rings. The molecule has 0 aromatic heterocycles. The molecule has 0 bridgehead atoms. The highest BCUT2D eigenvalue weighted by Gasteiger charge is 2.26. The van der Waals surface area contributed by atoms with Crippen LogP contribution in [0.3, 0.4) is 0 Å². The van der Waals surface area contributed by atoms with E-state index in [1.807, 2.05) is 22.5 Å². The van der Waals surface area contributed by atoms with Crippen LogP contribution in [0.1, 0.15) is 19.4 Å². The first-order chi connectivity index (χ1) is 7.02. The number of aryl methyl sites for hydroxylation is 1. The third-order valence-electron chi connectivity index (χ3n) is 2.75. The normalized spacial score (nSPS) is 25.4. The molecule has 15 heavy (non-hydrogen) atoms. The fourth-order valence-electron chi connectivity index (χ4n) is 2.15. The largest absolute Gasteiger partial charge is 0.297 e. The molecule has 0 saturated carbocycles. The van der Waals surface area contributed by atoms with Gasteiger partial charge in [0.25, 0.3) is 0 Å². The fraction of sp³-hybridized carbons (Fsp3) is 0.417. The average Bonchev–Trinajstić information content (AvgIpc) is 2.15. The average molecular weight is 223 g/mol. The van der Waals surface area contributed by atoms with Crippen LogP contribution in [-0.2, 0) is 16.1 Å². The van der Waals surface area contributed by atoms with Crippen molar-refractivity contribution in [2.75, 3.05) is 10.1 Å². The Morgan fingerprint density at radius 3 is 2.73 bits per heavy atom. The van der Waals surface area contributed by atoms with Crippen molar-refractivity contribution in [1.29, 1.82) is 0 Å². The zero-order valence-corrected chi connectivity index (χ0v) is 10.1. The van der Waals surface area contributed by atoms with Crippen molar-refractivity contribution in [1.82, 2.24) is 0 Å². The molecule has 2 rings (SSSR count). The Morgan fingerprint density at radius 1 is 1.40 bits per heavy atom. The van der Waals surface area contributed by atoms with E-state index in [4.69, 9.17) is 0 Å². The van der Waals surface area contributed by atoms with Gasteiger partial charge in [-0.05, 0) is 37.8 Å². The van der Waals surface area contributed by atoms with Crippen LogP contribution in [-0.4, -0.2) is 21.9 Å². The van der Waals surface area contributed by atoms with Crippen LogP contribution >= 0.6 is 0 Å². The van der Waals surface area contributed by atoms with Crippen LogP contribution in [0.2, 0.25) is 0 Å². The highest BCUT2D eigenvalue weighted by Crippen LogP contribution is 2.30. The van der Waals surface area contributed by atoms with Gasteiger partial charge in [0.15, 0.2) is 0 Å². The second-order valence-electron chi connectivity index (χ2n) is 4.27. The molecule has 1 aliphatic heterocycles. The SMILES string of the molecule is C=S1(=O)CCc2ccccc2N1C(C)C. The predicted molar refractivity (Wildman–Crippen MR) is 67.9 cm³/mol. The van der Waals surface area contributed by atoms with E-state index in [0.717, 1.165) is 12.1 Å². The monoisotopic (exact) mass is 223 g/mol. The smallest absolute Gasteiger partial charge is 0.0522 e. The summed E-state index contributed by atoms with van der Waals surface area (Å²) in [6, 6.07) is 8.41. The molecule has 0 amide bonds. The Bertz CT molecular complexity index is 462. The van der Waals surface area contributed by atoms with Gasteiger partial charge in [-0.2, -0.15) is 0 Å². The molecule has 1 heterocycles. The third kappa shape index (κ3) is 1.76. The first kappa shape index (κ1) is 10.6. The van der Waals surface area contributed by atoms with E-state index in [1.54, 1.807) is 0 Å². The maximum absolute atomic E-state index is 12.4. The standard InChI is InChI=1S/C12H17NOS/c1-10(2)13-12-7-5-4-6-11(12)8-9-15(13,3)14/h4-7,10H,3,8-9H2,1-2H3. The summed E-state index contributed by atoms with van der Waals surface area (Å²) in [6.45, 7) is 4.12. The molecule has 82 valence electrons. The van der Waals surface area contributed by atoms with Gasteiger partial charge in [-0.25, -0.2) is 4.21 Å². The lowest BCUT2D eigenvalue weighted by Gasteiger charge is -2.37. The van der Waals surface area contributed by atoms with Gasteiger partial charge < -0.3 is 0 Å². The minimum Gasteiger partial charge on any atom is -0.297 e.